The highest BCUT2D eigenvalue weighted by Crippen LogP contribution is 2.11. The van der Waals surface area contributed by atoms with Crippen LogP contribution in [0.4, 0.5) is 0 Å². The SMILES string of the molecule is COCc1ccccc1CNC(=O)c1ccc(C)o1. The molecule has 0 fully saturated rings. The molecule has 0 radical (unpaired) electrons. The second-order valence-electron chi connectivity index (χ2n) is 4.29. The molecule has 0 aliphatic carbocycles. The van der Waals surface area contributed by atoms with Crippen molar-refractivity contribution in [2.24, 2.45) is 0 Å². The maximum absolute atomic E-state index is 11.9. The number of furan rings is 1. The van der Waals surface area contributed by atoms with E-state index in [2.05, 4.69) is 5.32 Å². The number of hydrogen-bond donors (Lipinski definition) is 1. The average Bonchev–Trinajstić information content (AvgIpc) is 2.84. The molecular formula is C15H17NO3. The number of hydrogen-bond acceptors (Lipinski definition) is 3. The van der Waals surface area contributed by atoms with E-state index in [9.17, 15) is 4.79 Å². The van der Waals surface area contributed by atoms with Crippen molar-refractivity contribution < 1.29 is 13.9 Å². The molecule has 0 aliphatic heterocycles. The van der Waals surface area contributed by atoms with E-state index in [1.807, 2.05) is 31.2 Å². The zero-order valence-corrected chi connectivity index (χ0v) is 11.1. The third kappa shape index (κ3) is 3.45. The van der Waals surface area contributed by atoms with Crippen LogP contribution in [0, 0.1) is 6.92 Å². The van der Waals surface area contributed by atoms with Gasteiger partial charge in [0.25, 0.3) is 5.91 Å². The van der Waals surface area contributed by atoms with Crippen molar-refractivity contribution in [3.05, 3.63) is 59.0 Å². The highest BCUT2D eigenvalue weighted by Gasteiger charge is 2.10. The van der Waals surface area contributed by atoms with Crippen molar-refractivity contribution in [1.29, 1.82) is 0 Å². The molecule has 0 atom stereocenters. The first-order chi connectivity index (χ1) is 9.20. The lowest BCUT2D eigenvalue weighted by molar-refractivity contribution is 0.0921. The summed E-state index contributed by atoms with van der Waals surface area (Å²) in [7, 11) is 1.65. The van der Waals surface area contributed by atoms with Crippen LogP contribution in [-0.2, 0) is 17.9 Å². The van der Waals surface area contributed by atoms with Gasteiger partial charge in [-0.05, 0) is 30.2 Å². The summed E-state index contributed by atoms with van der Waals surface area (Å²) in [6, 6.07) is 11.3. The number of nitrogens with one attached hydrogen (secondary N) is 1. The summed E-state index contributed by atoms with van der Waals surface area (Å²) in [5.74, 6) is 0.854. The van der Waals surface area contributed by atoms with Crippen LogP contribution in [0.25, 0.3) is 0 Å². The minimum Gasteiger partial charge on any atom is -0.456 e. The second-order valence-corrected chi connectivity index (χ2v) is 4.29. The zero-order chi connectivity index (χ0) is 13.7. The van der Waals surface area contributed by atoms with Crippen LogP contribution < -0.4 is 5.32 Å². The Morgan fingerprint density at radius 3 is 2.58 bits per heavy atom. The number of ether oxygens (including phenoxy) is 1. The first-order valence-electron chi connectivity index (χ1n) is 6.11. The van der Waals surface area contributed by atoms with Gasteiger partial charge in [-0.1, -0.05) is 24.3 Å². The fourth-order valence-electron chi connectivity index (χ4n) is 1.85. The summed E-state index contributed by atoms with van der Waals surface area (Å²) < 4.78 is 10.4. The Morgan fingerprint density at radius 1 is 1.21 bits per heavy atom. The van der Waals surface area contributed by atoms with Gasteiger partial charge in [0.15, 0.2) is 5.76 Å². The summed E-state index contributed by atoms with van der Waals surface area (Å²) in [5, 5.41) is 2.84. The summed E-state index contributed by atoms with van der Waals surface area (Å²) >= 11 is 0. The van der Waals surface area contributed by atoms with E-state index >= 15 is 0 Å². The van der Waals surface area contributed by atoms with Gasteiger partial charge in [-0.3, -0.25) is 4.79 Å². The molecule has 1 N–H and O–H groups in total. The molecule has 1 aromatic heterocycles. The number of aryl methyl sites for hydroxylation is 1. The van der Waals surface area contributed by atoms with Gasteiger partial charge in [0.05, 0.1) is 6.61 Å². The average molecular weight is 259 g/mol. The van der Waals surface area contributed by atoms with Crippen molar-refractivity contribution in [2.75, 3.05) is 7.11 Å². The Morgan fingerprint density at radius 2 is 1.95 bits per heavy atom. The van der Waals surface area contributed by atoms with Crippen LogP contribution in [-0.4, -0.2) is 13.0 Å². The molecule has 1 amide bonds. The number of carbonyl (C=O) groups is 1. The van der Waals surface area contributed by atoms with Crippen LogP contribution >= 0.6 is 0 Å². The van der Waals surface area contributed by atoms with Gasteiger partial charge in [0.2, 0.25) is 0 Å². The van der Waals surface area contributed by atoms with E-state index in [0.717, 1.165) is 16.9 Å². The molecule has 0 saturated heterocycles. The molecule has 0 aliphatic rings. The number of methoxy groups -OCH3 is 1. The molecule has 0 unspecified atom stereocenters. The van der Waals surface area contributed by atoms with Gasteiger partial charge >= 0.3 is 0 Å². The first kappa shape index (κ1) is 13.4. The van der Waals surface area contributed by atoms with E-state index in [1.165, 1.54) is 0 Å². The topological polar surface area (TPSA) is 51.5 Å². The molecule has 0 bridgehead atoms. The predicted octanol–water partition coefficient (Wildman–Crippen LogP) is 2.66. The number of rotatable bonds is 5. The molecule has 19 heavy (non-hydrogen) atoms. The van der Waals surface area contributed by atoms with E-state index < -0.39 is 0 Å². The van der Waals surface area contributed by atoms with Crippen molar-refractivity contribution in [1.82, 2.24) is 5.32 Å². The predicted molar refractivity (Wildman–Crippen MR) is 71.8 cm³/mol. The van der Waals surface area contributed by atoms with Gasteiger partial charge in [0.1, 0.15) is 5.76 Å². The standard InChI is InChI=1S/C15H17NO3/c1-11-7-8-14(19-11)15(17)16-9-12-5-3-4-6-13(12)10-18-2/h3-8H,9-10H2,1-2H3,(H,16,17). The van der Waals surface area contributed by atoms with Crippen molar-refractivity contribution in [3.63, 3.8) is 0 Å². The van der Waals surface area contributed by atoms with Crippen molar-refractivity contribution in [2.45, 2.75) is 20.1 Å². The fourth-order valence-corrected chi connectivity index (χ4v) is 1.85. The molecule has 4 nitrogen and oxygen atoms in total. The minimum absolute atomic E-state index is 0.208. The molecule has 4 heteroatoms. The number of benzene rings is 1. The van der Waals surface area contributed by atoms with Crippen LogP contribution in [0.15, 0.2) is 40.8 Å². The lowest BCUT2D eigenvalue weighted by Gasteiger charge is -2.09. The first-order valence-corrected chi connectivity index (χ1v) is 6.11. The maximum atomic E-state index is 11.9. The largest absolute Gasteiger partial charge is 0.456 e. The molecular weight excluding hydrogens is 242 g/mol. The Labute approximate surface area is 112 Å². The van der Waals surface area contributed by atoms with Crippen molar-refractivity contribution >= 4 is 5.91 Å². The number of amides is 1. The Hall–Kier alpha value is -2.07. The molecule has 100 valence electrons. The molecule has 0 spiro atoms. The van der Waals surface area contributed by atoms with Gasteiger partial charge in [-0.2, -0.15) is 0 Å². The summed E-state index contributed by atoms with van der Waals surface area (Å²) in [5.41, 5.74) is 2.11. The number of carbonyl (C=O) groups excluding carboxylic acids is 1. The van der Waals surface area contributed by atoms with Crippen LogP contribution in [0.3, 0.4) is 0 Å². The fraction of sp³-hybridized carbons (Fsp3) is 0.267. The minimum atomic E-state index is -0.208. The quantitative estimate of drug-likeness (QED) is 0.898. The highest BCUT2D eigenvalue weighted by molar-refractivity contribution is 5.91. The molecule has 0 saturated carbocycles. The maximum Gasteiger partial charge on any atom is 0.287 e. The summed E-state index contributed by atoms with van der Waals surface area (Å²) in [4.78, 5) is 11.9. The van der Waals surface area contributed by atoms with Gasteiger partial charge in [0, 0.05) is 13.7 Å². The lowest BCUT2D eigenvalue weighted by atomic mass is 10.1. The lowest BCUT2D eigenvalue weighted by Crippen LogP contribution is -2.23. The molecule has 1 heterocycles. The van der Waals surface area contributed by atoms with Gasteiger partial charge in [-0.15, -0.1) is 0 Å². The van der Waals surface area contributed by atoms with Gasteiger partial charge < -0.3 is 14.5 Å². The summed E-state index contributed by atoms with van der Waals surface area (Å²) in [6.07, 6.45) is 0. The van der Waals surface area contributed by atoms with Gasteiger partial charge in [-0.25, -0.2) is 0 Å². The third-order valence-electron chi connectivity index (χ3n) is 2.82. The Balaban J connectivity index is 2.00. The van der Waals surface area contributed by atoms with Crippen LogP contribution in [0.5, 0.6) is 0 Å². The Bertz CT molecular complexity index is 560. The molecule has 1 aromatic carbocycles. The van der Waals surface area contributed by atoms with E-state index in [-0.39, 0.29) is 5.91 Å². The van der Waals surface area contributed by atoms with Crippen LogP contribution in [0.1, 0.15) is 27.4 Å². The summed E-state index contributed by atoms with van der Waals surface area (Å²) in [6.45, 7) is 2.80. The zero-order valence-electron chi connectivity index (χ0n) is 11.1. The molecule has 2 rings (SSSR count). The van der Waals surface area contributed by atoms with Crippen molar-refractivity contribution in [3.8, 4) is 0 Å². The van der Waals surface area contributed by atoms with E-state index in [0.29, 0.717) is 18.9 Å². The monoisotopic (exact) mass is 259 g/mol. The third-order valence-corrected chi connectivity index (χ3v) is 2.82. The van der Waals surface area contributed by atoms with Crippen LogP contribution in [0.2, 0.25) is 0 Å². The highest BCUT2D eigenvalue weighted by atomic mass is 16.5. The Kier molecular flexibility index (Phi) is 4.36. The van der Waals surface area contributed by atoms with E-state index in [4.69, 9.17) is 9.15 Å². The normalized spacial score (nSPS) is 10.4. The van der Waals surface area contributed by atoms with E-state index in [1.54, 1.807) is 19.2 Å². The molecule has 2 aromatic rings. The second kappa shape index (κ2) is 6.20. The smallest absolute Gasteiger partial charge is 0.287 e.